The van der Waals surface area contributed by atoms with Crippen LogP contribution in [-0.4, -0.2) is 0 Å². The van der Waals surface area contributed by atoms with Gasteiger partial charge in [-0.2, -0.15) is 0 Å². The van der Waals surface area contributed by atoms with Crippen LogP contribution in [0.5, 0.6) is 0 Å². The van der Waals surface area contributed by atoms with Crippen LogP contribution in [-0.2, 0) is 10.7 Å². The highest BCUT2D eigenvalue weighted by atomic mass is 79.9. The van der Waals surface area contributed by atoms with Crippen molar-refractivity contribution in [3.8, 4) is 11.1 Å². The molecule has 0 aliphatic rings. The van der Waals surface area contributed by atoms with Crippen LogP contribution in [0, 0.1) is 27.7 Å². The molecule has 0 spiro atoms. The van der Waals surface area contributed by atoms with E-state index in [1.54, 1.807) is 0 Å². The Morgan fingerprint density at radius 1 is 0.650 bits per heavy atom. The van der Waals surface area contributed by atoms with Crippen molar-refractivity contribution in [2.75, 3.05) is 0 Å². The molecule has 0 aliphatic heterocycles. The predicted molar refractivity (Wildman–Crippen MR) is 96.1 cm³/mol. The van der Waals surface area contributed by atoms with E-state index in [-0.39, 0.29) is 0 Å². The Morgan fingerprint density at radius 3 is 1.30 bits per heavy atom. The molecular weight excluding hydrogens is 376 g/mol. The van der Waals surface area contributed by atoms with Crippen LogP contribution in [0.25, 0.3) is 11.1 Å². The second kappa shape index (κ2) is 6.44. The van der Waals surface area contributed by atoms with Crippen LogP contribution >= 0.6 is 31.9 Å². The molecule has 0 aromatic heterocycles. The third-order valence-electron chi connectivity index (χ3n) is 4.18. The molecule has 0 heterocycles. The molecule has 2 rings (SSSR count). The molecule has 0 atom stereocenters. The summed E-state index contributed by atoms with van der Waals surface area (Å²) < 4.78 is 0. The van der Waals surface area contributed by atoms with Gasteiger partial charge in [0.05, 0.1) is 0 Å². The molecule has 2 heteroatoms. The van der Waals surface area contributed by atoms with E-state index in [4.69, 9.17) is 0 Å². The zero-order chi connectivity index (χ0) is 14.9. The fraction of sp³-hybridized carbons (Fsp3) is 0.333. The van der Waals surface area contributed by atoms with E-state index in [1.165, 1.54) is 44.5 Å². The minimum atomic E-state index is 0.887. The monoisotopic (exact) mass is 394 g/mol. The number of benzene rings is 2. The first kappa shape index (κ1) is 15.8. The van der Waals surface area contributed by atoms with E-state index in [0.717, 1.165) is 10.7 Å². The van der Waals surface area contributed by atoms with E-state index in [2.05, 4.69) is 83.8 Å². The number of rotatable bonds is 3. The molecule has 0 amide bonds. The second-order valence-electron chi connectivity index (χ2n) is 5.35. The van der Waals surface area contributed by atoms with Crippen LogP contribution < -0.4 is 0 Å². The Balaban J connectivity index is 2.87. The Kier molecular flexibility index (Phi) is 5.09. The first-order chi connectivity index (χ1) is 9.51. The molecule has 2 aromatic carbocycles. The van der Waals surface area contributed by atoms with Gasteiger partial charge >= 0.3 is 0 Å². The van der Waals surface area contributed by atoms with Gasteiger partial charge in [-0.3, -0.25) is 0 Å². The summed E-state index contributed by atoms with van der Waals surface area (Å²) in [6.45, 7) is 8.85. The quantitative estimate of drug-likeness (QED) is 0.529. The molecule has 0 radical (unpaired) electrons. The SMILES string of the molecule is Cc1ccc(CBr)c(-c2c(CBr)ccc(C)c2C)c1C. The molecular formula is C18H20Br2. The van der Waals surface area contributed by atoms with E-state index in [1.807, 2.05) is 0 Å². The molecule has 0 nitrogen and oxygen atoms in total. The Hall–Kier alpha value is -0.600. The third-order valence-corrected chi connectivity index (χ3v) is 5.39. The van der Waals surface area contributed by atoms with E-state index >= 15 is 0 Å². The highest BCUT2D eigenvalue weighted by Gasteiger charge is 2.16. The van der Waals surface area contributed by atoms with Crippen LogP contribution in [0.15, 0.2) is 24.3 Å². The molecule has 2 aromatic rings. The molecule has 0 aliphatic carbocycles. The zero-order valence-electron chi connectivity index (χ0n) is 12.5. The number of hydrogen-bond acceptors (Lipinski definition) is 0. The molecule has 0 unspecified atom stereocenters. The summed E-state index contributed by atoms with van der Waals surface area (Å²) in [5.74, 6) is 0. The highest BCUT2D eigenvalue weighted by molar-refractivity contribution is 9.08. The van der Waals surface area contributed by atoms with Gasteiger partial charge in [0.2, 0.25) is 0 Å². The lowest BCUT2D eigenvalue weighted by atomic mass is 9.86. The van der Waals surface area contributed by atoms with Gasteiger partial charge in [0, 0.05) is 10.7 Å². The number of hydrogen-bond donors (Lipinski definition) is 0. The third kappa shape index (κ3) is 2.73. The molecule has 20 heavy (non-hydrogen) atoms. The van der Waals surface area contributed by atoms with Crippen LogP contribution in [0.1, 0.15) is 33.4 Å². The van der Waals surface area contributed by atoms with Crippen molar-refractivity contribution in [3.63, 3.8) is 0 Å². The number of alkyl halides is 2. The van der Waals surface area contributed by atoms with Gasteiger partial charge in [0.1, 0.15) is 0 Å². The maximum Gasteiger partial charge on any atom is 0.0289 e. The highest BCUT2D eigenvalue weighted by Crippen LogP contribution is 2.37. The first-order valence-corrected chi connectivity index (χ1v) is 9.06. The van der Waals surface area contributed by atoms with Gasteiger partial charge in [-0.25, -0.2) is 0 Å². The van der Waals surface area contributed by atoms with E-state index in [9.17, 15) is 0 Å². The summed E-state index contributed by atoms with van der Waals surface area (Å²) in [5, 5.41) is 1.77. The van der Waals surface area contributed by atoms with Gasteiger partial charge in [0.15, 0.2) is 0 Å². The number of aryl methyl sites for hydroxylation is 2. The average molecular weight is 396 g/mol. The summed E-state index contributed by atoms with van der Waals surface area (Å²) in [6.07, 6.45) is 0. The molecule has 0 fully saturated rings. The lowest BCUT2D eigenvalue weighted by molar-refractivity contribution is 1.24. The molecule has 0 N–H and O–H groups in total. The Bertz CT molecular complexity index is 585. The van der Waals surface area contributed by atoms with Crippen LogP contribution in [0.4, 0.5) is 0 Å². The van der Waals surface area contributed by atoms with Crippen molar-refractivity contribution in [1.29, 1.82) is 0 Å². The largest absolute Gasteiger partial charge is 0.0876 e. The molecule has 106 valence electrons. The van der Waals surface area contributed by atoms with Gasteiger partial charge in [-0.1, -0.05) is 56.1 Å². The molecule has 0 saturated heterocycles. The fourth-order valence-electron chi connectivity index (χ4n) is 2.66. The summed E-state index contributed by atoms with van der Waals surface area (Å²) in [7, 11) is 0. The minimum Gasteiger partial charge on any atom is -0.0876 e. The fourth-order valence-corrected chi connectivity index (χ4v) is 3.60. The van der Waals surface area contributed by atoms with Crippen LogP contribution in [0.2, 0.25) is 0 Å². The average Bonchev–Trinajstić information content (AvgIpc) is 2.45. The van der Waals surface area contributed by atoms with Gasteiger partial charge < -0.3 is 0 Å². The maximum absolute atomic E-state index is 3.64. The number of halogens is 2. The maximum atomic E-state index is 3.64. The molecule has 0 bridgehead atoms. The van der Waals surface area contributed by atoms with E-state index < -0.39 is 0 Å². The van der Waals surface area contributed by atoms with Gasteiger partial charge in [-0.15, -0.1) is 0 Å². The smallest absolute Gasteiger partial charge is 0.0289 e. The van der Waals surface area contributed by atoms with Crippen molar-refractivity contribution < 1.29 is 0 Å². The first-order valence-electron chi connectivity index (χ1n) is 6.81. The van der Waals surface area contributed by atoms with Gasteiger partial charge in [0.25, 0.3) is 0 Å². The van der Waals surface area contributed by atoms with Gasteiger partial charge in [-0.05, 0) is 72.2 Å². The lowest BCUT2D eigenvalue weighted by Crippen LogP contribution is -2.00. The van der Waals surface area contributed by atoms with Crippen LogP contribution in [0.3, 0.4) is 0 Å². The van der Waals surface area contributed by atoms with Crippen molar-refractivity contribution in [2.24, 2.45) is 0 Å². The summed E-state index contributed by atoms with van der Waals surface area (Å²) >= 11 is 7.28. The predicted octanol–water partition coefficient (Wildman–Crippen LogP) is 6.38. The van der Waals surface area contributed by atoms with E-state index in [0.29, 0.717) is 0 Å². The lowest BCUT2D eigenvalue weighted by Gasteiger charge is -2.20. The molecule has 0 saturated carbocycles. The summed E-state index contributed by atoms with van der Waals surface area (Å²) in [4.78, 5) is 0. The van der Waals surface area contributed by atoms with Crippen molar-refractivity contribution in [2.45, 2.75) is 38.4 Å². The Morgan fingerprint density at radius 2 is 1.00 bits per heavy atom. The van der Waals surface area contributed by atoms with Crippen molar-refractivity contribution in [3.05, 3.63) is 57.6 Å². The van der Waals surface area contributed by atoms with Crippen molar-refractivity contribution in [1.82, 2.24) is 0 Å². The Labute approximate surface area is 138 Å². The topological polar surface area (TPSA) is 0 Å². The summed E-state index contributed by atoms with van der Waals surface area (Å²) in [6, 6.07) is 8.92. The zero-order valence-corrected chi connectivity index (χ0v) is 15.7. The van der Waals surface area contributed by atoms with Crippen molar-refractivity contribution >= 4 is 31.9 Å². The standard InChI is InChI=1S/C18H20Br2/c1-11-5-7-15(9-19)17(13(11)3)18-14(4)12(2)6-8-16(18)10-20/h5-8H,9-10H2,1-4H3. The second-order valence-corrected chi connectivity index (χ2v) is 6.47. The minimum absolute atomic E-state index is 0.887. The normalized spacial score (nSPS) is 10.9. The summed E-state index contributed by atoms with van der Waals surface area (Å²) in [5.41, 5.74) is 11.0.